The molecule has 2 aliphatic rings. The van der Waals surface area contributed by atoms with Crippen LogP contribution in [0.2, 0.25) is 0 Å². The molecule has 0 unspecified atom stereocenters. The number of carbonyl (C=O) groups is 3. The highest BCUT2D eigenvalue weighted by Crippen LogP contribution is 2.28. The number of carbonyl (C=O) groups excluding carboxylic acids is 3. The molecule has 190 valence electrons. The zero-order valence-electron chi connectivity index (χ0n) is 20.3. The molecule has 0 atom stereocenters. The average molecular weight is 499 g/mol. The molecule has 2 fully saturated rings. The number of hydrogen-bond acceptors (Lipinski definition) is 8. The van der Waals surface area contributed by atoms with E-state index in [4.69, 9.17) is 9.26 Å². The molecule has 2 amide bonds. The van der Waals surface area contributed by atoms with Crippen molar-refractivity contribution >= 4 is 27.8 Å². The standard InChI is InChI=1S/C22H34N4O7S/c1-5-32-22(29)18-6-10-25(11-7-18)19(27)14-24(4)21(28)17-8-12-26(13-9-17)34(30,31)20-15(2)23-33-16(20)3/h17-18H,5-14H2,1-4H3. The van der Waals surface area contributed by atoms with E-state index in [1.807, 2.05) is 0 Å². The largest absolute Gasteiger partial charge is 0.466 e. The lowest BCUT2D eigenvalue weighted by Crippen LogP contribution is -2.48. The number of piperidine rings is 2. The van der Waals surface area contributed by atoms with E-state index in [-0.39, 0.29) is 59.9 Å². The minimum absolute atomic E-state index is 0.0412. The molecule has 0 saturated carbocycles. The number of likely N-dealkylation sites (N-methyl/N-ethyl adjacent to an activating group) is 1. The highest BCUT2D eigenvalue weighted by Gasteiger charge is 2.37. The van der Waals surface area contributed by atoms with Gasteiger partial charge in [-0.05, 0) is 46.5 Å². The number of amides is 2. The molecule has 2 saturated heterocycles. The summed E-state index contributed by atoms with van der Waals surface area (Å²) in [7, 11) is -2.14. The van der Waals surface area contributed by atoms with E-state index >= 15 is 0 Å². The third kappa shape index (κ3) is 5.60. The van der Waals surface area contributed by atoms with Crippen molar-refractivity contribution < 1.29 is 32.1 Å². The Balaban J connectivity index is 1.49. The van der Waals surface area contributed by atoms with Crippen molar-refractivity contribution in [3.05, 3.63) is 11.5 Å². The number of sulfonamides is 1. The molecule has 11 nitrogen and oxygen atoms in total. The van der Waals surface area contributed by atoms with Crippen LogP contribution in [0.3, 0.4) is 0 Å². The molecule has 3 heterocycles. The number of aryl methyl sites for hydroxylation is 2. The summed E-state index contributed by atoms with van der Waals surface area (Å²) in [6.45, 7) is 6.57. The second kappa shape index (κ2) is 10.9. The molecule has 0 aromatic carbocycles. The van der Waals surface area contributed by atoms with Gasteiger partial charge in [0.1, 0.15) is 10.6 Å². The monoisotopic (exact) mass is 498 g/mol. The van der Waals surface area contributed by atoms with Gasteiger partial charge in [0.25, 0.3) is 0 Å². The molecule has 0 radical (unpaired) electrons. The molecular formula is C22H34N4O7S. The molecule has 12 heteroatoms. The second-order valence-electron chi connectivity index (χ2n) is 8.93. The lowest BCUT2D eigenvalue weighted by Gasteiger charge is -2.34. The summed E-state index contributed by atoms with van der Waals surface area (Å²) in [6.07, 6.45) is 1.87. The van der Waals surface area contributed by atoms with Gasteiger partial charge in [0.2, 0.25) is 21.8 Å². The van der Waals surface area contributed by atoms with Gasteiger partial charge in [-0.25, -0.2) is 8.42 Å². The summed E-state index contributed by atoms with van der Waals surface area (Å²) in [5.74, 6) is -0.815. The van der Waals surface area contributed by atoms with Crippen LogP contribution < -0.4 is 0 Å². The van der Waals surface area contributed by atoms with Crippen molar-refractivity contribution in [2.75, 3.05) is 46.4 Å². The van der Waals surface area contributed by atoms with Crippen molar-refractivity contribution in [1.82, 2.24) is 19.3 Å². The van der Waals surface area contributed by atoms with Gasteiger partial charge in [0.15, 0.2) is 5.76 Å². The summed E-state index contributed by atoms with van der Waals surface area (Å²) >= 11 is 0. The second-order valence-corrected chi connectivity index (χ2v) is 10.8. The van der Waals surface area contributed by atoms with Crippen molar-refractivity contribution in [3.8, 4) is 0 Å². The van der Waals surface area contributed by atoms with E-state index in [2.05, 4.69) is 5.16 Å². The molecule has 0 N–H and O–H groups in total. The molecule has 1 aromatic rings. The fourth-order valence-electron chi connectivity index (χ4n) is 4.63. The van der Waals surface area contributed by atoms with Crippen LogP contribution in [0.5, 0.6) is 0 Å². The SMILES string of the molecule is CCOC(=O)C1CCN(C(=O)CN(C)C(=O)C2CCN(S(=O)(=O)c3c(C)noc3C)CC2)CC1. The summed E-state index contributed by atoms with van der Waals surface area (Å²) in [6, 6.07) is 0. The van der Waals surface area contributed by atoms with Gasteiger partial charge in [-0.1, -0.05) is 5.16 Å². The Kier molecular flexibility index (Phi) is 8.34. The third-order valence-corrected chi connectivity index (χ3v) is 8.73. The van der Waals surface area contributed by atoms with Crippen LogP contribution in [0.1, 0.15) is 44.1 Å². The Hall–Kier alpha value is -2.47. The van der Waals surface area contributed by atoms with Gasteiger partial charge in [-0.2, -0.15) is 4.31 Å². The third-order valence-electron chi connectivity index (χ3n) is 6.59. The quantitative estimate of drug-likeness (QED) is 0.508. The highest BCUT2D eigenvalue weighted by atomic mass is 32.2. The summed E-state index contributed by atoms with van der Waals surface area (Å²) in [4.78, 5) is 40.7. The van der Waals surface area contributed by atoms with Gasteiger partial charge in [0, 0.05) is 39.1 Å². The number of rotatable bonds is 7. The van der Waals surface area contributed by atoms with Crippen molar-refractivity contribution in [2.24, 2.45) is 11.8 Å². The molecule has 2 aliphatic heterocycles. The number of esters is 1. The fourth-order valence-corrected chi connectivity index (χ4v) is 6.39. The Morgan fingerprint density at radius 1 is 1.06 bits per heavy atom. The van der Waals surface area contributed by atoms with Crippen LogP contribution >= 0.6 is 0 Å². The first kappa shape index (κ1) is 26.1. The summed E-state index contributed by atoms with van der Waals surface area (Å²) < 4.78 is 37.4. The Bertz CT molecular complexity index is 987. The highest BCUT2D eigenvalue weighted by molar-refractivity contribution is 7.89. The first-order valence-electron chi connectivity index (χ1n) is 11.7. The first-order valence-corrected chi connectivity index (χ1v) is 13.1. The minimum atomic E-state index is -3.74. The Morgan fingerprint density at radius 3 is 2.18 bits per heavy atom. The van der Waals surface area contributed by atoms with Crippen molar-refractivity contribution in [3.63, 3.8) is 0 Å². The molecule has 0 aliphatic carbocycles. The van der Waals surface area contributed by atoms with E-state index in [0.717, 1.165) is 0 Å². The minimum Gasteiger partial charge on any atom is -0.466 e. The van der Waals surface area contributed by atoms with Crippen LogP contribution in [0.25, 0.3) is 0 Å². The lowest BCUT2D eigenvalue weighted by atomic mass is 9.96. The Morgan fingerprint density at radius 2 is 1.65 bits per heavy atom. The maximum Gasteiger partial charge on any atom is 0.309 e. The van der Waals surface area contributed by atoms with Crippen molar-refractivity contribution in [1.29, 1.82) is 0 Å². The first-order chi connectivity index (χ1) is 16.1. The molecular weight excluding hydrogens is 464 g/mol. The summed E-state index contributed by atoms with van der Waals surface area (Å²) in [5.41, 5.74) is 0.320. The van der Waals surface area contributed by atoms with Crippen LogP contribution in [0.4, 0.5) is 0 Å². The van der Waals surface area contributed by atoms with E-state index in [1.165, 1.54) is 9.21 Å². The van der Waals surface area contributed by atoms with Crippen LogP contribution in [0.15, 0.2) is 9.42 Å². The maximum atomic E-state index is 13.0. The normalized spacial score (nSPS) is 18.6. The van der Waals surface area contributed by atoms with Gasteiger partial charge >= 0.3 is 5.97 Å². The number of hydrogen-bond donors (Lipinski definition) is 0. The molecule has 1 aromatic heterocycles. The maximum absolute atomic E-state index is 13.0. The topological polar surface area (TPSA) is 130 Å². The van der Waals surface area contributed by atoms with Gasteiger partial charge in [0.05, 0.1) is 19.1 Å². The van der Waals surface area contributed by atoms with E-state index < -0.39 is 10.0 Å². The number of likely N-dealkylation sites (tertiary alicyclic amines) is 1. The molecule has 0 bridgehead atoms. The Labute approximate surface area is 200 Å². The predicted octanol–water partition coefficient (Wildman–Crippen LogP) is 0.952. The number of ether oxygens (including phenoxy) is 1. The van der Waals surface area contributed by atoms with E-state index in [1.54, 1.807) is 32.7 Å². The zero-order chi connectivity index (χ0) is 25.0. The predicted molar refractivity (Wildman–Crippen MR) is 121 cm³/mol. The number of nitrogens with zero attached hydrogens (tertiary/aromatic N) is 4. The average Bonchev–Trinajstić information content (AvgIpc) is 3.17. The van der Waals surface area contributed by atoms with Crippen LogP contribution in [0, 0.1) is 25.7 Å². The summed E-state index contributed by atoms with van der Waals surface area (Å²) in [5, 5.41) is 3.73. The van der Waals surface area contributed by atoms with Gasteiger partial charge < -0.3 is 19.1 Å². The fraction of sp³-hybridized carbons (Fsp3) is 0.727. The van der Waals surface area contributed by atoms with Gasteiger partial charge in [-0.15, -0.1) is 0 Å². The van der Waals surface area contributed by atoms with Crippen molar-refractivity contribution in [2.45, 2.75) is 51.3 Å². The number of aromatic nitrogens is 1. The van der Waals surface area contributed by atoms with Crippen LogP contribution in [-0.4, -0.2) is 91.8 Å². The lowest BCUT2D eigenvalue weighted by molar-refractivity contribution is -0.151. The smallest absolute Gasteiger partial charge is 0.309 e. The zero-order valence-corrected chi connectivity index (χ0v) is 21.1. The van der Waals surface area contributed by atoms with Crippen LogP contribution in [-0.2, 0) is 29.1 Å². The molecule has 3 rings (SSSR count). The van der Waals surface area contributed by atoms with Gasteiger partial charge in [-0.3, -0.25) is 14.4 Å². The molecule has 34 heavy (non-hydrogen) atoms. The van der Waals surface area contributed by atoms with E-state index in [0.29, 0.717) is 51.1 Å². The molecule has 0 spiro atoms. The van der Waals surface area contributed by atoms with E-state index in [9.17, 15) is 22.8 Å².